The molecule has 7 nitrogen and oxygen atoms in total. The highest BCUT2D eigenvalue weighted by atomic mass is 19.1. The molecule has 1 amide bonds. The second-order valence-electron chi connectivity index (χ2n) is 6.03. The number of nitrogens with zero attached hydrogens (tertiary/aromatic N) is 2. The van der Waals surface area contributed by atoms with Crippen molar-refractivity contribution in [1.82, 2.24) is 4.98 Å². The van der Waals surface area contributed by atoms with Crippen LogP contribution in [0.2, 0.25) is 0 Å². The summed E-state index contributed by atoms with van der Waals surface area (Å²) in [7, 11) is 1.68. The van der Waals surface area contributed by atoms with E-state index < -0.39 is 11.9 Å². The number of benzene rings is 1. The minimum atomic E-state index is -1.33. The summed E-state index contributed by atoms with van der Waals surface area (Å²) >= 11 is 0. The van der Waals surface area contributed by atoms with E-state index >= 15 is 0 Å². The van der Waals surface area contributed by atoms with Crippen LogP contribution in [-0.4, -0.2) is 42.0 Å². The maximum atomic E-state index is 13.9. The van der Waals surface area contributed by atoms with Gasteiger partial charge in [0.25, 0.3) is 0 Å². The number of carboxylic acid groups (broad SMARTS) is 1. The SMILES string of the molecule is COC1(C)CN(c2cc(Oc3ccc(NC(=O)O)c(F)c3)ccn2)C1. The van der Waals surface area contributed by atoms with Gasteiger partial charge in [-0.25, -0.2) is 14.2 Å². The summed E-state index contributed by atoms with van der Waals surface area (Å²) in [6.07, 6.45) is 0.285. The van der Waals surface area contributed by atoms with Crippen molar-refractivity contribution in [2.24, 2.45) is 0 Å². The van der Waals surface area contributed by atoms with Crippen LogP contribution in [0.1, 0.15) is 6.92 Å². The Balaban J connectivity index is 1.70. The van der Waals surface area contributed by atoms with Crippen LogP contribution in [0.5, 0.6) is 11.5 Å². The molecule has 1 saturated heterocycles. The lowest BCUT2D eigenvalue weighted by Crippen LogP contribution is -2.61. The first-order valence-corrected chi connectivity index (χ1v) is 7.62. The van der Waals surface area contributed by atoms with Crippen molar-refractivity contribution in [2.75, 3.05) is 30.4 Å². The van der Waals surface area contributed by atoms with Crippen LogP contribution in [0.3, 0.4) is 0 Å². The Hall–Kier alpha value is -2.87. The number of hydrogen-bond acceptors (Lipinski definition) is 5. The molecule has 1 aliphatic rings. The summed E-state index contributed by atoms with van der Waals surface area (Å²) in [5.74, 6) is 0.801. The van der Waals surface area contributed by atoms with E-state index in [9.17, 15) is 9.18 Å². The fourth-order valence-electron chi connectivity index (χ4n) is 2.60. The van der Waals surface area contributed by atoms with Crippen LogP contribution in [0, 0.1) is 5.82 Å². The molecule has 1 aromatic heterocycles. The predicted octanol–water partition coefficient (Wildman–Crippen LogP) is 3.33. The zero-order valence-electron chi connectivity index (χ0n) is 13.8. The molecule has 25 heavy (non-hydrogen) atoms. The standard InChI is InChI=1S/C17H18FN3O4/c1-17(24-2)9-21(10-17)15-8-12(5-6-19-15)25-11-3-4-14(13(18)7-11)20-16(22)23/h3-8,20H,9-10H2,1-2H3,(H,22,23). The van der Waals surface area contributed by atoms with E-state index in [0.717, 1.165) is 25.0 Å². The van der Waals surface area contributed by atoms with Crippen molar-refractivity contribution in [2.45, 2.75) is 12.5 Å². The largest absolute Gasteiger partial charge is 0.465 e. The van der Waals surface area contributed by atoms with Crippen LogP contribution in [0.15, 0.2) is 36.5 Å². The van der Waals surface area contributed by atoms with Gasteiger partial charge in [-0.15, -0.1) is 0 Å². The number of amides is 1. The number of pyridine rings is 1. The van der Waals surface area contributed by atoms with Crippen LogP contribution in [-0.2, 0) is 4.74 Å². The fourth-order valence-corrected chi connectivity index (χ4v) is 2.60. The normalized spacial score (nSPS) is 15.4. The molecule has 3 rings (SSSR count). The van der Waals surface area contributed by atoms with Crippen molar-refractivity contribution < 1.29 is 23.8 Å². The third kappa shape index (κ3) is 3.80. The number of hydrogen-bond donors (Lipinski definition) is 2. The molecule has 0 unspecified atom stereocenters. The highest BCUT2D eigenvalue weighted by Gasteiger charge is 2.39. The zero-order chi connectivity index (χ0) is 18.0. The average Bonchev–Trinajstić information content (AvgIpc) is 2.54. The molecule has 2 aromatic rings. The van der Waals surface area contributed by atoms with E-state index in [1.165, 1.54) is 12.1 Å². The molecule has 2 N–H and O–H groups in total. The smallest absolute Gasteiger partial charge is 0.409 e. The van der Waals surface area contributed by atoms with Gasteiger partial charge >= 0.3 is 6.09 Å². The molecule has 0 saturated carbocycles. The van der Waals surface area contributed by atoms with Crippen molar-refractivity contribution in [3.63, 3.8) is 0 Å². The lowest BCUT2D eigenvalue weighted by Gasteiger charge is -2.47. The second-order valence-corrected chi connectivity index (χ2v) is 6.03. The topological polar surface area (TPSA) is 83.9 Å². The van der Waals surface area contributed by atoms with Gasteiger partial charge in [0.05, 0.1) is 11.3 Å². The van der Waals surface area contributed by atoms with Gasteiger partial charge < -0.3 is 19.5 Å². The molecule has 0 spiro atoms. The molecule has 1 fully saturated rings. The first-order valence-electron chi connectivity index (χ1n) is 7.62. The van der Waals surface area contributed by atoms with E-state index in [1.807, 2.05) is 12.2 Å². The van der Waals surface area contributed by atoms with Crippen molar-refractivity contribution in [1.29, 1.82) is 0 Å². The molecule has 1 aromatic carbocycles. The molecule has 0 aliphatic carbocycles. The van der Waals surface area contributed by atoms with Crippen LogP contribution in [0.4, 0.5) is 20.7 Å². The Morgan fingerprint density at radius 1 is 1.32 bits per heavy atom. The predicted molar refractivity (Wildman–Crippen MR) is 90.0 cm³/mol. The highest BCUT2D eigenvalue weighted by molar-refractivity contribution is 5.83. The van der Waals surface area contributed by atoms with E-state index in [4.69, 9.17) is 14.6 Å². The molecule has 0 radical (unpaired) electrons. The minimum absolute atomic E-state index is 0.130. The average molecular weight is 347 g/mol. The first-order chi connectivity index (χ1) is 11.9. The molecule has 1 aliphatic heterocycles. The summed E-state index contributed by atoms with van der Waals surface area (Å²) in [5.41, 5.74) is -0.302. The van der Waals surface area contributed by atoms with E-state index in [2.05, 4.69) is 9.88 Å². The zero-order valence-corrected chi connectivity index (χ0v) is 13.8. The van der Waals surface area contributed by atoms with Gasteiger partial charge in [-0.1, -0.05) is 0 Å². The Bertz CT molecular complexity index is 793. The van der Waals surface area contributed by atoms with Gasteiger partial charge in [0.2, 0.25) is 0 Å². The lowest BCUT2D eigenvalue weighted by molar-refractivity contribution is -0.0171. The van der Waals surface area contributed by atoms with E-state index in [0.29, 0.717) is 5.75 Å². The highest BCUT2D eigenvalue weighted by Crippen LogP contribution is 2.32. The molecular weight excluding hydrogens is 329 g/mol. The summed E-state index contributed by atoms with van der Waals surface area (Å²) in [5, 5.41) is 10.6. The number of nitrogens with one attached hydrogen (secondary N) is 1. The van der Waals surface area contributed by atoms with Gasteiger partial charge in [-0.05, 0) is 25.1 Å². The number of ether oxygens (including phenoxy) is 2. The lowest BCUT2D eigenvalue weighted by atomic mass is 9.96. The van der Waals surface area contributed by atoms with Gasteiger partial charge in [0.1, 0.15) is 17.3 Å². The molecule has 0 atom stereocenters. The number of anilines is 2. The van der Waals surface area contributed by atoms with Crippen molar-refractivity contribution in [3.8, 4) is 11.5 Å². The maximum Gasteiger partial charge on any atom is 0.409 e. The molecule has 132 valence electrons. The van der Waals surface area contributed by atoms with Gasteiger partial charge in [-0.2, -0.15) is 0 Å². The number of methoxy groups -OCH3 is 1. The van der Waals surface area contributed by atoms with Crippen LogP contribution < -0.4 is 15.0 Å². The van der Waals surface area contributed by atoms with Crippen molar-refractivity contribution in [3.05, 3.63) is 42.3 Å². The second kappa shape index (κ2) is 6.56. The summed E-state index contributed by atoms with van der Waals surface area (Å²) in [6, 6.07) is 7.34. The third-order valence-electron chi connectivity index (χ3n) is 4.00. The molecule has 0 bridgehead atoms. The summed E-state index contributed by atoms with van der Waals surface area (Å²) in [6.45, 7) is 3.48. The van der Waals surface area contributed by atoms with Crippen molar-refractivity contribution >= 4 is 17.6 Å². The maximum absolute atomic E-state index is 13.9. The Labute approximate surface area is 144 Å². The molecule has 2 heterocycles. The van der Waals surface area contributed by atoms with Gasteiger partial charge in [-0.3, -0.25) is 5.32 Å². The Morgan fingerprint density at radius 3 is 2.68 bits per heavy atom. The number of rotatable bonds is 5. The minimum Gasteiger partial charge on any atom is -0.465 e. The number of carbonyl (C=O) groups is 1. The van der Waals surface area contributed by atoms with Crippen LogP contribution in [0.25, 0.3) is 0 Å². The number of halogens is 1. The molecule has 8 heteroatoms. The fraction of sp³-hybridized carbons (Fsp3) is 0.294. The summed E-state index contributed by atoms with van der Waals surface area (Å²) in [4.78, 5) is 16.9. The first kappa shape index (κ1) is 17.0. The Kier molecular flexibility index (Phi) is 4.45. The monoisotopic (exact) mass is 347 g/mol. The quantitative estimate of drug-likeness (QED) is 0.863. The van der Waals surface area contributed by atoms with E-state index in [1.54, 1.807) is 25.4 Å². The Morgan fingerprint density at radius 2 is 2.04 bits per heavy atom. The third-order valence-corrected chi connectivity index (χ3v) is 4.00. The molecular formula is C17H18FN3O4. The number of aromatic nitrogens is 1. The van der Waals surface area contributed by atoms with Gasteiger partial charge in [0.15, 0.2) is 5.82 Å². The van der Waals surface area contributed by atoms with E-state index in [-0.39, 0.29) is 17.0 Å². The van der Waals surface area contributed by atoms with Gasteiger partial charge in [0, 0.05) is 38.5 Å². The van der Waals surface area contributed by atoms with Crippen LogP contribution >= 0.6 is 0 Å². The summed E-state index contributed by atoms with van der Waals surface area (Å²) < 4.78 is 24.9.